The lowest BCUT2D eigenvalue weighted by Crippen LogP contribution is -2.43. The summed E-state index contributed by atoms with van der Waals surface area (Å²) in [6.07, 6.45) is 1.74. The van der Waals surface area contributed by atoms with E-state index in [-0.39, 0.29) is 11.6 Å². The molecule has 0 atom stereocenters. The van der Waals surface area contributed by atoms with Crippen molar-refractivity contribution in [2.75, 3.05) is 38.4 Å². The van der Waals surface area contributed by atoms with E-state index >= 15 is 0 Å². The molecule has 140 valence electrons. The third-order valence-electron chi connectivity index (χ3n) is 4.40. The molecule has 3 heterocycles. The molecule has 2 aliphatic heterocycles. The zero-order valence-corrected chi connectivity index (χ0v) is 16.2. The van der Waals surface area contributed by atoms with Crippen LogP contribution in [0.1, 0.15) is 10.4 Å². The van der Waals surface area contributed by atoms with Gasteiger partial charge in [0, 0.05) is 11.1 Å². The van der Waals surface area contributed by atoms with Crippen LogP contribution in [0, 0.1) is 3.95 Å². The molecule has 1 fully saturated rings. The molecular weight excluding hydrogens is 386 g/mol. The number of aromatic nitrogens is 1. The summed E-state index contributed by atoms with van der Waals surface area (Å²) in [6.45, 7) is 2.46. The Bertz CT molecular complexity index is 1020. The third-order valence-corrected chi connectivity index (χ3v) is 5.69. The molecule has 0 amide bonds. The first-order valence-corrected chi connectivity index (χ1v) is 9.59. The van der Waals surface area contributed by atoms with Crippen molar-refractivity contribution < 1.29 is 19.4 Å². The predicted octanol–water partition coefficient (Wildman–Crippen LogP) is 2.75. The first kappa shape index (κ1) is 17.9. The number of aliphatic imine (C=N–C) groups is 1. The molecule has 0 radical (unpaired) electrons. The summed E-state index contributed by atoms with van der Waals surface area (Å²) < 4.78 is 12.4. The Labute approximate surface area is 164 Å². The van der Waals surface area contributed by atoms with Crippen LogP contribution in [0.2, 0.25) is 0 Å². The molecule has 1 N–H and O–H groups in total. The molecule has 0 saturated carbocycles. The average Bonchev–Trinajstić information content (AvgIpc) is 3.19. The van der Waals surface area contributed by atoms with E-state index in [2.05, 4.69) is 4.99 Å². The lowest BCUT2D eigenvalue weighted by molar-refractivity contribution is -0.132. The average molecular weight is 403 g/mol. The van der Waals surface area contributed by atoms with Crippen LogP contribution in [0.25, 0.3) is 11.6 Å². The molecule has 1 aromatic carbocycles. The second-order valence-corrected chi connectivity index (χ2v) is 7.64. The Hall–Kier alpha value is -2.49. The van der Waals surface area contributed by atoms with Crippen molar-refractivity contribution >= 4 is 52.6 Å². The number of hydrogen-bond acceptors (Lipinski definition) is 8. The molecule has 0 bridgehead atoms. The number of rotatable bonds is 3. The minimum Gasteiger partial charge on any atom is -0.492 e. The molecule has 7 nitrogen and oxygen atoms in total. The van der Waals surface area contributed by atoms with E-state index in [4.69, 9.17) is 21.7 Å². The van der Waals surface area contributed by atoms with Gasteiger partial charge in [0.2, 0.25) is 5.88 Å². The van der Waals surface area contributed by atoms with Crippen LogP contribution in [-0.4, -0.2) is 54.9 Å². The van der Waals surface area contributed by atoms with Gasteiger partial charge in [-0.15, -0.1) is 0 Å². The number of para-hydroxylation sites is 1. The van der Waals surface area contributed by atoms with Gasteiger partial charge in [-0.2, -0.15) is 0 Å². The summed E-state index contributed by atoms with van der Waals surface area (Å²) in [5.41, 5.74) is 2.34. The van der Waals surface area contributed by atoms with Crippen LogP contribution >= 0.6 is 23.6 Å². The number of nitrogens with zero attached hydrogens (tertiary/aromatic N) is 3. The second kappa shape index (κ2) is 7.26. The molecule has 2 aliphatic rings. The summed E-state index contributed by atoms with van der Waals surface area (Å²) >= 11 is 6.73. The number of morpholine rings is 1. The van der Waals surface area contributed by atoms with Gasteiger partial charge in [-0.05, 0) is 24.4 Å². The normalized spacial score (nSPS) is 17.7. The molecule has 27 heavy (non-hydrogen) atoms. The highest BCUT2D eigenvalue weighted by Gasteiger charge is 2.28. The number of esters is 1. The third kappa shape index (κ3) is 3.18. The summed E-state index contributed by atoms with van der Waals surface area (Å²) in [5, 5.41) is 12.7. The fourth-order valence-electron chi connectivity index (χ4n) is 3.11. The van der Waals surface area contributed by atoms with Crippen molar-refractivity contribution in [1.82, 2.24) is 4.68 Å². The SMILES string of the molecule is COC(=O)C1=Nc2ccccc2/C1=C\c1sc(=S)n(N2CCOCC2)c1O. The number of aromatic hydroxyl groups is 1. The van der Waals surface area contributed by atoms with Crippen LogP contribution in [0.3, 0.4) is 0 Å². The van der Waals surface area contributed by atoms with Crippen LogP contribution < -0.4 is 5.01 Å². The van der Waals surface area contributed by atoms with E-state index in [0.29, 0.717) is 46.4 Å². The Morgan fingerprint density at radius 2 is 2.11 bits per heavy atom. The van der Waals surface area contributed by atoms with Gasteiger partial charge in [-0.1, -0.05) is 29.5 Å². The van der Waals surface area contributed by atoms with Gasteiger partial charge in [0.05, 0.1) is 44.0 Å². The topological polar surface area (TPSA) is 76.3 Å². The van der Waals surface area contributed by atoms with Crippen molar-refractivity contribution in [2.24, 2.45) is 4.99 Å². The van der Waals surface area contributed by atoms with Crippen LogP contribution in [0.5, 0.6) is 5.88 Å². The number of carbonyl (C=O) groups excluding carboxylic acids is 1. The highest BCUT2D eigenvalue weighted by Crippen LogP contribution is 2.38. The minimum atomic E-state index is -0.520. The number of fused-ring (bicyclic) bond motifs is 1. The quantitative estimate of drug-likeness (QED) is 0.627. The molecule has 1 saturated heterocycles. The van der Waals surface area contributed by atoms with Gasteiger partial charge in [0.15, 0.2) is 9.67 Å². The number of ether oxygens (including phenoxy) is 2. The summed E-state index contributed by atoms with van der Waals surface area (Å²) in [7, 11) is 1.32. The Balaban J connectivity index is 1.80. The van der Waals surface area contributed by atoms with E-state index in [1.165, 1.54) is 18.4 Å². The number of benzene rings is 1. The van der Waals surface area contributed by atoms with E-state index in [1.54, 1.807) is 10.8 Å². The summed E-state index contributed by atoms with van der Waals surface area (Å²) in [5.74, 6) is -0.471. The van der Waals surface area contributed by atoms with E-state index in [0.717, 1.165) is 5.56 Å². The van der Waals surface area contributed by atoms with Crippen LogP contribution in [0.4, 0.5) is 5.69 Å². The van der Waals surface area contributed by atoms with Gasteiger partial charge in [0.25, 0.3) is 0 Å². The predicted molar refractivity (Wildman–Crippen MR) is 107 cm³/mol. The zero-order chi connectivity index (χ0) is 19.0. The van der Waals surface area contributed by atoms with Crippen LogP contribution in [-0.2, 0) is 14.3 Å². The Kier molecular flexibility index (Phi) is 4.81. The monoisotopic (exact) mass is 403 g/mol. The van der Waals surface area contributed by atoms with Gasteiger partial charge >= 0.3 is 5.97 Å². The highest BCUT2D eigenvalue weighted by atomic mass is 32.1. The van der Waals surface area contributed by atoms with Gasteiger partial charge < -0.3 is 19.6 Å². The van der Waals surface area contributed by atoms with Gasteiger partial charge in [-0.3, -0.25) is 0 Å². The summed E-state index contributed by atoms with van der Waals surface area (Å²) in [6, 6.07) is 7.45. The largest absolute Gasteiger partial charge is 0.492 e. The molecule has 1 aromatic heterocycles. The maximum atomic E-state index is 12.2. The van der Waals surface area contributed by atoms with Gasteiger partial charge in [-0.25, -0.2) is 14.5 Å². The van der Waals surface area contributed by atoms with Crippen molar-refractivity contribution in [3.8, 4) is 5.88 Å². The van der Waals surface area contributed by atoms with Crippen molar-refractivity contribution in [3.05, 3.63) is 38.7 Å². The molecule has 0 spiro atoms. The fraction of sp³-hybridized carbons (Fsp3) is 0.278. The molecular formula is C18H17N3O4S2. The van der Waals surface area contributed by atoms with Crippen LogP contribution in [0.15, 0.2) is 29.3 Å². The Morgan fingerprint density at radius 1 is 1.37 bits per heavy atom. The zero-order valence-electron chi connectivity index (χ0n) is 14.5. The lowest BCUT2D eigenvalue weighted by atomic mass is 10.0. The van der Waals surface area contributed by atoms with Crippen molar-refractivity contribution in [2.45, 2.75) is 0 Å². The number of carbonyl (C=O) groups is 1. The Morgan fingerprint density at radius 3 is 2.85 bits per heavy atom. The standard InChI is InChI=1S/C18H17N3O4S2/c1-24-17(23)15-12(11-4-2-3-5-13(11)19-15)10-14-16(22)21(18(26)27-14)20-6-8-25-9-7-20/h2-5,10,22H,6-9H2,1H3/b12-10+. The summed E-state index contributed by atoms with van der Waals surface area (Å²) in [4.78, 5) is 17.1. The molecule has 9 heteroatoms. The fourth-order valence-corrected chi connectivity index (χ4v) is 4.41. The maximum absolute atomic E-state index is 12.2. The highest BCUT2D eigenvalue weighted by molar-refractivity contribution is 7.73. The molecule has 4 rings (SSSR count). The smallest absolute Gasteiger partial charge is 0.357 e. The molecule has 2 aromatic rings. The van der Waals surface area contributed by atoms with Crippen molar-refractivity contribution in [3.63, 3.8) is 0 Å². The number of hydrogen-bond donors (Lipinski definition) is 1. The molecule has 0 aliphatic carbocycles. The first-order chi connectivity index (χ1) is 13.1. The minimum absolute atomic E-state index is 0.0491. The maximum Gasteiger partial charge on any atom is 0.357 e. The number of methoxy groups -OCH3 is 1. The second-order valence-electron chi connectivity index (χ2n) is 5.96. The lowest BCUT2D eigenvalue weighted by Gasteiger charge is -2.29. The number of thiazole rings is 1. The van der Waals surface area contributed by atoms with Crippen molar-refractivity contribution in [1.29, 1.82) is 0 Å². The van der Waals surface area contributed by atoms with Gasteiger partial charge in [0.1, 0.15) is 0 Å². The molecule has 0 unspecified atom stereocenters. The van der Waals surface area contributed by atoms with E-state index < -0.39 is 5.97 Å². The van der Waals surface area contributed by atoms with E-state index in [9.17, 15) is 9.90 Å². The first-order valence-electron chi connectivity index (χ1n) is 8.36. The van der Waals surface area contributed by atoms with E-state index in [1.807, 2.05) is 29.3 Å².